The molecule has 2 nitrogen and oxygen atoms in total. The van der Waals surface area contributed by atoms with Gasteiger partial charge in [-0.3, -0.25) is 4.84 Å². The zero-order valence-electron chi connectivity index (χ0n) is 10.9. The first kappa shape index (κ1) is 12.8. The highest BCUT2D eigenvalue weighted by atomic mass is 16.6. The molecule has 0 saturated carbocycles. The molecule has 0 bridgehead atoms. The Labute approximate surface area is 109 Å². The maximum absolute atomic E-state index is 5.44. The second-order valence-corrected chi connectivity index (χ2v) is 4.51. The molecule has 0 aliphatic carbocycles. The van der Waals surface area contributed by atoms with Crippen molar-refractivity contribution < 1.29 is 4.84 Å². The van der Waals surface area contributed by atoms with Crippen LogP contribution in [0.5, 0.6) is 0 Å². The topological polar surface area (TPSA) is 21.3 Å². The molecule has 0 unspecified atom stereocenters. The van der Waals surface area contributed by atoms with E-state index in [1.54, 1.807) is 0 Å². The monoisotopic (exact) mass is 241 g/mol. The molecule has 0 heterocycles. The van der Waals surface area contributed by atoms with E-state index in [0.29, 0.717) is 6.61 Å². The van der Waals surface area contributed by atoms with Gasteiger partial charge in [0.25, 0.3) is 0 Å². The molecule has 0 aliphatic rings. The van der Waals surface area contributed by atoms with Crippen molar-refractivity contribution in [2.24, 2.45) is 0 Å². The minimum Gasteiger partial charge on any atom is -0.297 e. The van der Waals surface area contributed by atoms with Gasteiger partial charge in [-0.1, -0.05) is 48.5 Å². The quantitative estimate of drug-likeness (QED) is 0.638. The average molecular weight is 241 g/mol. The molecule has 0 saturated heterocycles. The van der Waals surface area contributed by atoms with Gasteiger partial charge in [0.05, 0.1) is 6.61 Å². The Morgan fingerprint density at radius 2 is 1.67 bits per heavy atom. The maximum Gasteiger partial charge on any atom is 0.0933 e. The molecule has 0 amide bonds. The van der Waals surface area contributed by atoms with Crippen molar-refractivity contribution in [3.8, 4) is 0 Å². The van der Waals surface area contributed by atoms with Crippen molar-refractivity contribution in [2.75, 3.05) is 0 Å². The van der Waals surface area contributed by atoms with Crippen LogP contribution in [0.3, 0.4) is 0 Å². The van der Waals surface area contributed by atoms with E-state index in [-0.39, 0.29) is 0 Å². The number of benzene rings is 2. The van der Waals surface area contributed by atoms with E-state index in [0.717, 1.165) is 6.54 Å². The number of hydrogen-bond donors (Lipinski definition) is 1. The third-order valence-electron chi connectivity index (χ3n) is 3.03. The van der Waals surface area contributed by atoms with Gasteiger partial charge in [-0.2, -0.15) is 5.48 Å². The summed E-state index contributed by atoms with van der Waals surface area (Å²) in [6.45, 7) is 5.57. The number of hydroxylamine groups is 1. The summed E-state index contributed by atoms with van der Waals surface area (Å²) in [4.78, 5) is 5.44. The van der Waals surface area contributed by atoms with Crippen LogP contribution < -0.4 is 5.48 Å². The second kappa shape index (κ2) is 6.34. The van der Waals surface area contributed by atoms with Crippen molar-refractivity contribution in [2.45, 2.75) is 27.0 Å². The lowest BCUT2D eigenvalue weighted by Crippen LogP contribution is -2.14. The van der Waals surface area contributed by atoms with E-state index in [1.807, 2.05) is 18.2 Å². The largest absolute Gasteiger partial charge is 0.297 e. The van der Waals surface area contributed by atoms with Gasteiger partial charge >= 0.3 is 0 Å². The fourth-order valence-electron chi connectivity index (χ4n) is 1.76. The van der Waals surface area contributed by atoms with Gasteiger partial charge in [-0.05, 0) is 36.1 Å². The Balaban J connectivity index is 1.77. The molecular formula is C16H19NO. The molecule has 94 valence electrons. The Hall–Kier alpha value is -1.64. The van der Waals surface area contributed by atoms with Crippen molar-refractivity contribution in [3.63, 3.8) is 0 Å². The second-order valence-electron chi connectivity index (χ2n) is 4.51. The minimum absolute atomic E-state index is 0.589. The van der Waals surface area contributed by atoms with Gasteiger partial charge in [0, 0.05) is 6.54 Å². The summed E-state index contributed by atoms with van der Waals surface area (Å²) < 4.78 is 0. The SMILES string of the molecule is Cc1ccc(CNOCc2ccccc2)cc1C. The first-order valence-electron chi connectivity index (χ1n) is 6.20. The lowest BCUT2D eigenvalue weighted by molar-refractivity contribution is 0.0235. The smallest absolute Gasteiger partial charge is 0.0933 e. The molecule has 0 aliphatic heterocycles. The molecule has 1 N–H and O–H groups in total. The number of nitrogens with one attached hydrogen (secondary N) is 1. The lowest BCUT2D eigenvalue weighted by Gasteiger charge is -2.08. The van der Waals surface area contributed by atoms with Gasteiger partial charge in [-0.25, -0.2) is 0 Å². The number of hydrogen-bond acceptors (Lipinski definition) is 2. The van der Waals surface area contributed by atoms with E-state index in [2.05, 4.69) is 49.7 Å². The molecule has 2 aromatic carbocycles. The lowest BCUT2D eigenvalue weighted by atomic mass is 10.1. The van der Waals surface area contributed by atoms with Crippen LogP contribution in [0.1, 0.15) is 22.3 Å². The maximum atomic E-state index is 5.44. The number of rotatable bonds is 5. The normalized spacial score (nSPS) is 10.6. The number of aryl methyl sites for hydroxylation is 2. The van der Waals surface area contributed by atoms with Crippen LogP contribution in [0.25, 0.3) is 0 Å². The van der Waals surface area contributed by atoms with Crippen molar-refractivity contribution >= 4 is 0 Å². The predicted octanol–water partition coefficient (Wildman–Crippen LogP) is 3.52. The molecule has 2 heteroatoms. The van der Waals surface area contributed by atoms with Crippen LogP contribution in [-0.2, 0) is 18.0 Å². The van der Waals surface area contributed by atoms with Crippen molar-refractivity contribution in [3.05, 3.63) is 70.8 Å². The van der Waals surface area contributed by atoms with E-state index in [1.165, 1.54) is 22.3 Å². The van der Waals surface area contributed by atoms with Gasteiger partial charge in [-0.15, -0.1) is 0 Å². The fraction of sp³-hybridized carbons (Fsp3) is 0.250. The molecule has 0 spiro atoms. The third kappa shape index (κ3) is 3.69. The van der Waals surface area contributed by atoms with Crippen LogP contribution in [-0.4, -0.2) is 0 Å². The fourth-order valence-corrected chi connectivity index (χ4v) is 1.76. The molecule has 0 fully saturated rings. The van der Waals surface area contributed by atoms with Crippen molar-refractivity contribution in [1.82, 2.24) is 5.48 Å². The average Bonchev–Trinajstić information content (AvgIpc) is 2.40. The van der Waals surface area contributed by atoms with E-state index in [9.17, 15) is 0 Å². The zero-order chi connectivity index (χ0) is 12.8. The predicted molar refractivity (Wildman–Crippen MR) is 74.0 cm³/mol. The Morgan fingerprint density at radius 3 is 2.39 bits per heavy atom. The van der Waals surface area contributed by atoms with Crippen LogP contribution in [0.4, 0.5) is 0 Å². The Morgan fingerprint density at radius 1 is 0.889 bits per heavy atom. The minimum atomic E-state index is 0.589. The summed E-state index contributed by atoms with van der Waals surface area (Å²) in [6, 6.07) is 16.6. The van der Waals surface area contributed by atoms with Gasteiger partial charge in [0.2, 0.25) is 0 Å². The first-order valence-corrected chi connectivity index (χ1v) is 6.20. The molecule has 0 aromatic heterocycles. The molecular weight excluding hydrogens is 222 g/mol. The first-order chi connectivity index (χ1) is 8.75. The van der Waals surface area contributed by atoms with E-state index < -0.39 is 0 Å². The molecule has 0 atom stereocenters. The Bertz CT molecular complexity index is 494. The third-order valence-corrected chi connectivity index (χ3v) is 3.03. The highest BCUT2D eigenvalue weighted by molar-refractivity contribution is 5.29. The van der Waals surface area contributed by atoms with Gasteiger partial charge in [0.15, 0.2) is 0 Å². The zero-order valence-corrected chi connectivity index (χ0v) is 10.9. The molecule has 2 rings (SSSR count). The van der Waals surface area contributed by atoms with Gasteiger partial charge < -0.3 is 0 Å². The molecule has 18 heavy (non-hydrogen) atoms. The van der Waals surface area contributed by atoms with E-state index in [4.69, 9.17) is 4.84 Å². The van der Waals surface area contributed by atoms with Gasteiger partial charge in [0.1, 0.15) is 0 Å². The van der Waals surface area contributed by atoms with Crippen LogP contribution in [0.2, 0.25) is 0 Å². The summed E-state index contributed by atoms with van der Waals surface area (Å²) in [5.41, 5.74) is 8.05. The Kier molecular flexibility index (Phi) is 4.51. The molecule has 2 aromatic rings. The highest BCUT2D eigenvalue weighted by Crippen LogP contribution is 2.09. The van der Waals surface area contributed by atoms with E-state index >= 15 is 0 Å². The summed E-state index contributed by atoms with van der Waals surface area (Å²) in [7, 11) is 0. The summed E-state index contributed by atoms with van der Waals surface area (Å²) in [5.74, 6) is 0. The van der Waals surface area contributed by atoms with Crippen molar-refractivity contribution in [1.29, 1.82) is 0 Å². The molecule has 0 radical (unpaired) electrons. The summed E-state index contributed by atoms with van der Waals surface area (Å²) in [5, 5.41) is 0. The van der Waals surface area contributed by atoms with Crippen LogP contribution in [0.15, 0.2) is 48.5 Å². The van der Waals surface area contributed by atoms with Crippen LogP contribution >= 0.6 is 0 Å². The highest BCUT2D eigenvalue weighted by Gasteiger charge is 1.97. The summed E-state index contributed by atoms with van der Waals surface area (Å²) in [6.07, 6.45) is 0. The summed E-state index contributed by atoms with van der Waals surface area (Å²) >= 11 is 0. The van der Waals surface area contributed by atoms with Crippen LogP contribution in [0, 0.1) is 13.8 Å². The standard InChI is InChI=1S/C16H19NO/c1-13-8-9-16(10-14(13)2)11-17-18-12-15-6-4-3-5-7-15/h3-10,17H,11-12H2,1-2H3.